The lowest BCUT2D eigenvalue weighted by Crippen LogP contribution is -2.35. The van der Waals surface area contributed by atoms with Gasteiger partial charge >= 0.3 is 0 Å². The van der Waals surface area contributed by atoms with E-state index in [2.05, 4.69) is 10.6 Å². The number of hydrogen-bond donors (Lipinski definition) is 2. The molecule has 1 amide bonds. The summed E-state index contributed by atoms with van der Waals surface area (Å²) in [5.74, 6) is -0.561. The average molecular weight is 420 g/mol. The van der Waals surface area contributed by atoms with Gasteiger partial charge in [0.1, 0.15) is 5.82 Å². The van der Waals surface area contributed by atoms with E-state index in [0.29, 0.717) is 25.3 Å². The van der Waals surface area contributed by atoms with Crippen LogP contribution in [0.1, 0.15) is 30.4 Å². The smallest absolute Gasteiger partial charge is 0.243 e. The molecule has 2 N–H and O–H groups in total. The van der Waals surface area contributed by atoms with E-state index in [-0.39, 0.29) is 23.2 Å². The van der Waals surface area contributed by atoms with Crippen LogP contribution in [0.15, 0.2) is 47.4 Å². The van der Waals surface area contributed by atoms with Crippen LogP contribution in [0.2, 0.25) is 0 Å². The van der Waals surface area contributed by atoms with Crippen LogP contribution >= 0.6 is 0 Å². The Hall–Kier alpha value is -2.45. The number of nitrogens with zero attached hydrogens (tertiary/aromatic N) is 1. The van der Waals surface area contributed by atoms with Crippen LogP contribution in [-0.2, 0) is 21.4 Å². The Morgan fingerprint density at radius 1 is 1.07 bits per heavy atom. The maximum Gasteiger partial charge on any atom is 0.243 e. The fourth-order valence-electron chi connectivity index (χ4n) is 3.25. The lowest BCUT2D eigenvalue weighted by atomic mass is 10.2. The molecule has 156 valence electrons. The Kier molecular flexibility index (Phi) is 6.87. The van der Waals surface area contributed by atoms with Gasteiger partial charge in [-0.1, -0.05) is 24.6 Å². The molecule has 29 heavy (non-hydrogen) atoms. The largest absolute Gasteiger partial charge is 0.376 e. The number of aryl methyl sites for hydroxylation is 1. The second kappa shape index (κ2) is 9.37. The summed E-state index contributed by atoms with van der Waals surface area (Å²) in [6.45, 7) is 3.25. The van der Waals surface area contributed by atoms with Crippen LogP contribution in [0.25, 0.3) is 0 Å². The van der Waals surface area contributed by atoms with Crippen LogP contribution in [-0.4, -0.2) is 38.3 Å². The minimum absolute atomic E-state index is 0.00918. The molecular formula is C21H26FN3O3S. The predicted octanol–water partition coefficient (Wildman–Crippen LogP) is 3.04. The van der Waals surface area contributed by atoms with Crippen molar-refractivity contribution in [1.82, 2.24) is 9.62 Å². The zero-order valence-electron chi connectivity index (χ0n) is 16.4. The van der Waals surface area contributed by atoms with E-state index in [4.69, 9.17) is 0 Å². The quantitative estimate of drug-likeness (QED) is 0.723. The normalized spacial score (nSPS) is 15.1. The van der Waals surface area contributed by atoms with E-state index in [1.807, 2.05) is 6.92 Å². The number of anilines is 1. The summed E-state index contributed by atoms with van der Waals surface area (Å²) in [5, 5.41) is 5.77. The summed E-state index contributed by atoms with van der Waals surface area (Å²) < 4.78 is 40.2. The van der Waals surface area contributed by atoms with Crippen LogP contribution < -0.4 is 10.6 Å². The fourth-order valence-corrected chi connectivity index (χ4v) is 4.79. The van der Waals surface area contributed by atoms with Gasteiger partial charge in [0.15, 0.2) is 0 Å². The monoisotopic (exact) mass is 419 g/mol. The summed E-state index contributed by atoms with van der Waals surface area (Å²) in [6.07, 6.45) is 2.81. The number of rotatable bonds is 7. The van der Waals surface area contributed by atoms with Crippen LogP contribution in [0.4, 0.5) is 10.1 Å². The first kappa shape index (κ1) is 21.3. The molecule has 1 heterocycles. The lowest BCUT2D eigenvalue weighted by Gasteiger charge is -2.26. The minimum atomic E-state index is -3.53. The Morgan fingerprint density at radius 2 is 1.76 bits per heavy atom. The van der Waals surface area contributed by atoms with Crippen LogP contribution in [0, 0.1) is 12.7 Å². The lowest BCUT2D eigenvalue weighted by molar-refractivity contribution is -0.119. The molecule has 0 saturated carbocycles. The van der Waals surface area contributed by atoms with Gasteiger partial charge in [0, 0.05) is 25.3 Å². The van der Waals surface area contributed by atoms with Gasteiger partial charge in [-0.2, -0.15) is 4.31 Å². The topological polar surface area (TPSA) is 78.5 Å². The van der Waals surface area contributed by atoms with Gasteiger partial charge in [-0.05, 0) is 55.2 Å². The second-order valence-corrected chi connectivity index (χ2v) is 9.14. The standard InChI is InChI=1S/C21H26FN3O3S/c1-16-5-10-19(29(27,28)25-11-3-2-4-12-25)13-20(16)23-15-21(26)24-14-17-6-8-18(22)9-7-17/h5-10,13,23H,2-4,11-12,14-15H2,1H3,(H,24,26). The third kappa shape index (κ3) is 5.55. The van der Waals surface area contributed by atoms with Crippen molar-refractivity contribution < 1.29 is 17.6 Å². The number of nitrogens with one attached hydrogen (secondary N) is 2. The molecule has 6 nitrogen and oxygen atoms in total. The summed E-state index contributed by atoms with van der Waals surface area (Å²) in [7, 11) is -3.53. The Bertz CT molecular complexity index is 956. The summed E-state index contributed by atoms with van der Waals surface area (Å²) >= 11 is 0. The fraction of sp³-hybridized carbons (Fsp3) is 0.381. The van der Waals surface area contributed by atoms with Crippen molar-refractivity contribution in [1.29, 1.82) is 0 Å². The molecule has 0 aromatic heterocycles. The van der Waals surface area contributed by atoms with Crippen molar-refractivity contribution >= 4 is 21.6 Å². The van der Waals surface area contributed by atoms with E-state index in [1.54, 1.807) is 30.3 Å². The zero-order valence-corrected chi connectivity index (χ0v) is 17.3. The zero-order chi connectivity index (χ0) is 20.9. The van der Waals surface area contributed by atoms with Crippen molar-refractivity contribution in [3.8, 4) is 0 Å². The molecule has 1 fully saturated rings. The van der Waals surface area contributed by atoms with Crippen molar-refractivity contribution in [3.05, 3.63) is 59.4 Å². The molecule has 2 aromatic carbocycles. The average Bonchev–Trinajstić information content (AvgIpc) is 2.73. The first-order chi connectivity index (χ1) is 13.9. The predicted molar refractivity (Wildman–Crippen MR) is 111 cm³/mol. The third-order valence-corrected chi connectivity index (χ3v) is 6.90. The number of piperidine rings is 1. The van der Waals surface area contributed by atoms with Gasteiger partial charge in [-0.15, -0.1) is 0 Å². The van der Waals surface area contributed by atoms with Gasteiger partial charge in [-0.25, -0.2) is 12.8 Å². The van der Waals surface area contributed by atoms with Crippen LogP contribution in [0.3, 0.4) is 0 Å². The number of carbonyl (C=O) groups excluding carboxylic acids is 1. The molecule has 8 heteroatoms. The molecule has 0 aliphatic carbocycles. The molecule has 0 bridgehead atoms. The van der Waals surface area contributed by atoms with E-state index in [9.17, 15) is 17.6 Å². The van der Waals surface area contributed by atoms with Crippen molar-refractivity contribution in [2.75, 3.05) is 25.0 Å². The maximum atomic E-state index is 12.9. The van der Waals surface area contributed by atoms with Gasteiger partial charge in [0.05, 0.1) is 11.4 Å². The molecule has 2 aromatic rings. The first-order valence-corrected chi connectivity index (χ1v) is 11.2. The van der Waals surface area contributed by atoms with Gasteiger partial charge in [0.2, 0.25) is 15.9 Å². The highest BCUT2D eigenvalue weighted by molar-refractivity contribution is 7.89. The minimum Gasteiger partial charge on any atom is -0.376 e. The molecule has 0 radical (unpaired) electrons. The summed E-state index contributed by atoms with van der Waals surface area (Å²) in [4.78, 5) is 12.4. The molecule has 1 aliphatic rings. The van der Waals surface area contributed by atoms with Crippen molar-refractivity contribution in [2.45, 2.75) is 37.6 Å². The molecule has 3 rings (SSSR count). The van der Waals surface area contributed by atoms with E-state index in [0.717, 1.165) is 30.4 Å². The summed E-state index contributed by atoms with van der Waals surface area (Å²) in [6, 6.07) is 10.9. The number of sulfonamides is 1. The molecule has 1 saturated heterocycles. The van der Waals surface area contributed by atoms with Gasteiger partial charge in [-0.3, -0.25) is 4.79 Å². The maximum absolute atomic E-state index is 12.9. The number of carbonyl (C=O) groups is 1. The number of benzene rings is 2. The van der Waals surface area contributed by atoms with E-state index in [1.165, 1.54) is 16.4 Å². The van der Waals surface area contributed by atoms with Crippen LogP contribution in [0.5, 0.6) is 0 Å². The van der Waals surface area contributed by atoms with Crippen molar-refractivity contribution in [2.24, 2.45) is 0 Å². The van der Waals surface area contributed by atoms with Gasteiger partial charge < -0.3 is 10.6 Å². The number of halogens is 1. The Balaban J connectivity index is 1.61. The Morgan fingerprint density at radius 3 is 2.45 bits per heavy atom. The molecule has 0 unspecified atom stereocenters. The van der Waals surface area contributed by atoms with Crippen molar-refractivity contribution in [3.63, 3.8) is 0 Å². The molecule has 0 atom stereocenters. The highest BCUT2D eigenvalue weighted by atomic mass is 32.2. The Labute approximate surface area is 171 Å². The summed E-state index contributed by atoms with van der Waals surface area (Å²) in [5.41, 5.74) is 2.26. The molecular weight excluding hydrogens is 393 g/mol. The molecule has 0 spiro atoms. The highest BCUT2D eigenvalue weighted by Gasteiger charge is 2.26. The SMILES string of the molecule is Cc1ccc(S(=O)(=O)N2CCCCC2)cc1NCC(=O)NCc1ccc(F)cc1. The second-order valence-electron chi connectivity index (χ2n) is 7.20. The van der Waals surface area contributed by atoms with E-state index >= 15 is 0 Å². The van der Waals surface area contributed by atoms with E-state index < -0.39 is 10.0 Å². The first-order valence-electron chi connectivity index (χ1n) is 9.72. The highest BCUT2D eigenvalue weighted by Crippen LogP contribution is 2.25. The number of hydrogen-bond acceptors (Lipinski definition) is 4. The third-order valence-electron chi connectivity index (χ3n) is 5.00. The molecule has 1 aliphatic heterocycles. The number of amides is 1. The van der Waals surface area contributed by atoms with Gasteiger partial charge in [0.25, 0.3) is 0 Å².